The fourth-order valence-corrected chi connectivity index (χ4v) is 1.95. The molecule has 0 bridgehead atoms. The SMILES string of the molecule is C=CCSCCNc1ccc(C)cc1[N+](=O)[O-]. The average Bonchev–Trinajstić information content (AvgIpc) is 2.30. The minimum absolute atomic E-state index is 0.138. The Kier molecular flexibility index (Phi) is 5.56. The predicted molar refractivity (Wildman–Crippen MR) is 73.8 cm³/mol. The maximum absolute atomic E-state index is 10.9. The van der Waals surface area contributed by atoms with E-state index < -0.39 is 0 Å². The Balaban J connectivity index is 2.58. The van der Waals surface area contributed by atoms with Crippen LogP contribution in [0.3, 0.4) is 0 Å². The van der Waals surface area contributed by atoms with Crippen LogP contribution >= 0.6 is 11.8 Å². The van der Waals surface area contributed by atoms with Crippen molar-refractivity contribution < 1.29 is 4.92 Å². The summed E-state index contributed by atoms with van der Waals surface area (Å²) in [6, 6.07) is 5.21. The molecule has 0 heterocycles. The summed E-state index contributed by atoms with van der Waals surface area (Å²) in [7, 11) is 0. The summed E-state index contributed by atoms with van der Waals surface area (Å²) < 4.78 is 0. The van der Waals surface area contributed by atoms with Crippen LogP contribution in [0, 0.1) is 17.0 Å². The van der Waals surface area contributed by atoms with E-state index >= 15 is 0 Å². The molecule has 0 aliphatic carbocycles. The predicted octanol–water partition coefficient (Wildman–Crippen LogP) is 3.23. The number of nitro groups is 1. The summed E-state index contributed by atoms with van der Waals surface area (Å²) in [5.41, 5.74) is 1.61. The summed E-state index contributed by atoms with van der Waals surface area (Å²) in [5.74, 6) is 1.80. The number of rotatable bonds is 7. The second kappa shape index (κ2) is 6.96. The van der Waals surface area contributed by atoms with Crippen molar-refractivity contribution in [3.63, 3.8) is 0 Å². The van der Waals surface area contributed by atoms with Gasteiger partial charge in [0.05, 0.1) is 4.92 Å². The minimum atomic E-state index is -0.355. The smallest absolute Gasteiger partial charge is 0.292 e. The highest BCUT2D eigenvalue weighted by molar-refractivity contribution is 7.99. The molecule has 0 saturated heterocycles. The molecule has 1 rings (SSSR count). The lowest BCUT2D eigenvalue weighted by atomic mass is 10.2. The van der Waals surface area contributed by atoms with Crippen molar-refractivity contribution in [1.29, 1.82) is 0 Å². The van der Waals surface area contributed by atoms with Crippen molar-refractivity contribution >= 4 is 23.1 Å². The van der Waals surface area contributed by atoms with Gasteiger partial charge in [-0.15, -0.1) is 6.58 Å². The first-order valence-electron chi connectivity index (χ1n) is 5.32. The number of aryl methyl sites for hydroxylation is 1. The normalized spacial score (nSPS) is 9.94. The van der Waals surface area contributed by atoms with Gasteiger partial charge in [-0.05, 0) is 18.6 Å². The van der Waals surface area contributed by atoms with Gasteiger partial charge in [0.15, 0.2) is 0 Å². The second-order valence-electron chi connectivity index (χ2n) is 3.57. The first-order chi connectivity index (χ1) is 8.15. The Hall–Kier alpha value is -1.49. The molecule has 0 unspecified atom stereocenters. The molecule has 0 atom stereocenters. The summed E-state index contributed by atoms with van der Waals surface area (Å²) >= 11 is 1.74. The van der Waals surface area contributed by atoms with Crippen LogP contribution in [-0.4, -0.2) is 23.0 Å². The third-order valence-corrected chi connectivity index (χ3v) is 3.11. The van der Waals surface area contributed by atoms with E-state index in [1.54, 1.807) is 23.9 Å². The molecule has 0 spiro atoms. The Labute approximate surface area is 105 Å². The molecular weight excluding hydrogens is 236 g/mol. The van der Waals surface area contributed by atoms with Gasteiger partial charge in [-0.2, -0.15) is 11.8 Å². The highest BCUT2D eigenvalue weighted by atomic mass is 32.2. The number of hydrogen-bond donors (Lipinski definition) is 1. The first kappa shape index (κ1) is 13.6. The van der Waals surface area contributed by atoms with E-state index in [0.29, 0.717) is 12.2 Å². The molecule has 0 aliphatic heterocycles. The van der Waals surface area contributed by atoms with E-state index in [1.165, 1.54) is 0 Å². The van der Waals surface area contributed by atoms with Gasteiger partial charge in [-0.3, -0.25) is 10.1 Å². The second-order valence-corrected chi connectivity index (χ2v) is 4.72. The summed E-state index contributed by atoms with van der Waals surface area (Å²) in [5, 5.41) is 13.9. The standard InChI is InChI=1S/C12H16N2O2S/c1-3-7-17-8-6-13-11-5-4-10(2)9-12(11)14(15)16/h3-5,9,13H,1,6-8H2,2H3. The molecule has 0 aliphatic rings. The number of hydrogen-bond acceptors (Lipinski definition) is 4. The quantitative estimate of drug-likeness (QED) is 0.350. The van der Waals surface area contributed by atoms with Gasteiger partial charge in [-0.25, -0.2) is 0 Å². The molecule has 0 amide bonds. The monoisotopic (exact) mass is 252 g/mol. The number of nitrogens with zero attached hydrogens (tertiary/aromatic N) is 1. The van der Waals surface area contributed by atoms with Crippen LogP contribution in [0.15, 0.2) is 30.9 Å². The zero-order chi connectivity index (χ0) is 12.7. The lowest BCUT2D eigenvalue weighted by Crippen LogP contribution is -2.06. The lowest BCUT2D eigenvalue weighted by molar-refractivity contribution is -0.384. The number of nitrogens with one attached hydrogen (secondary N) is 1. The fraction of sp³-hybridized carbons (Fsp3) is 0.333. The van der Waals surface area contributed by atoms with Crippen molar-refractivity contribution in [2.24, 2.45) is 0 Å². The molecule has 92 valence electrons. The van der Waals surface area contributed by atoms with Gasteiger partial charge in [0.2, 0.25) is 0 Å². The summed E-state index contributed by atoms with van der Waals surface area (Å²) in [6.45, 7) is 6.19. The maximum Gasteiger partial charge on any atom is 0.292 e. The molecule has 17 heavy (non-hydrogen) atoms. The Bertz CT molecular complexity index is 407. The van der Waals surface area contributed by atoms with Gasteiger partial charge in [0.25, 0.3) is 5.69 Å². The number of benzene rings is 1. The maximum atomic E-state index is 10.9. The Morgan fingerprint density at radius 3 is 3.00 bits per heavy atom. The van der Waals surface area contributed by atoms with E-state index in [0.717, 1.165) is 17.1 Å². The minimum Gasteiger partial charge on any atom is -0.379 e. The lowest BCUT2D eigenvalue weighted by Gasteiger charge is -2.07. The zero-order valence-electron chi connectivity index (χ0n) is 9.81. The summed E-state index contributed by atoms with van der Waals surface area (Å²) in [4.78, 5) is 10.5. The molecule has 0 radical (unpaired) electrons. The van der Waals surface area contributed by atoms with Gasteiger partial charge in [-0.1, -0.05) is 12.1 Å². The number of nitro benzene ring substituents is 1. The van der Waals surface area contributed by atoms with Crippen molar-refractivity contribution in [3.8, 4) is 0 Å². The van der Waals surface area contributed by atoms with Crippen LogP contribution in [0.5, 0.6) is 0 Å². The van der Waals surface area contributed by atoms with Gasteiger partial charge in [0, 0.05) is 24.1 Å². The van der Waals surface area contributed by atoms with Gasteiger partial charge in [0.1, 0.15) is 5.69 Å². The van der Waals surface area contributed by atoms with E-state index in [4.69, 9.17) is 0 Å². The zero-order valence-corrected chi connectivity index (χ0v) is 10.6. The van der Waals surface area contributed by atoms with E-state index in [1.807, 2.05) is 19.1 Å². The van der Waals surface area contributed by atoms with Gasteiger partial charge >= 0.3 is 0 Å². The van der Waals surface area contributed by atoms with Crippen molar-refractivity contribution in [2.75, 3.05) is 23.4 Å². The highest BCUT2D eigenvalue weighted by Crippen LogP contribution is 2.25. The highest BCUT2D eigenvalue weighted by Gasteiger charge is 2.12. The molecule has 4 nitrogen and oxygen atoms in total. The van der Waals surface area contributed by atoms with Crippen molar-refractivity contribution in [1.82, 2.24) is 0 Å². The molecule has 0 fully saturated rings. The van der Waals surface area contributed by atoms with Gasteiger partial charge < -0.3 is 5.32 Å². The third kappa shape index (κ3) is 4.48. The topological polar surface area (TPSA) is 55.2 Å². The van der Waals surface area contributed by atoms with Crippen LogP contribution in [0.4, 0.5) is 11.4 Å². The summed E-state index contributed by atoms with van der Waals surface area (Å²) in [6.07, 6.45) is 1.85. The fourth-order valence-electron chi connectivity index (χ4n) is 1.37. The number of thioether (sulfide) groups is 1. The van der Waals surface area contributed by atoms with Crippen LogP contribution in [-0.2, 0) is 0 Å². The molecule has 5 heteroatoms. The van der Waals surface area contributed by atoms with Crippen LogP contribution in [0.25, 0.3) is 0 Å². The van der Waals surface area contributed by atoms with E-state index in [2.05, 4.69) is 11.9 Å². The van der Waals surface area contributed by atoms with Crippen molar-refractivity contribution in [3.05, 3.63) is 46.5 Å². The largest absolute Gasteiger partial charge is 0.379 e. The van der Waals surface area contributed by atoms with E-state index in [-0.39, 0.29) is 10.6 Å². The molecule has 1 aromatic rings. The Morgan fingerprint density at radius 1 is 1.59 bits per heavy atom. The van der Waals surface area contributed by atoms with E-state index in [9.17, 15) is 10.1 Å². The molecular formula is C12H16N2O2S. The molecule has 1 N–H and O–H groups in total. The van der Waals surface area contributed by atoms with Crippen LogP contribution in [0.1, 0.15) is 5.56 Å². The molecule has 1 aromatic carbocycles. The Morgan fingerprint density at radius 2 is 2.35 bits per heavy atom. The number of anilines is 1. The first-order valence-corrected chi connectivity index (χ1v) is 6.48. The van der Waals surface area contributed by atoms with Crippen molar-refractivity contribution in [2.45, 2.75) is 6.92 Å². The average molecular weight is 252 g/mol. The van der Waals surface area contributed by atoms with Crippen LogP contribution in [0.2, 0.25) is 0 Å². The third-order valence-electron chi connectivity index (χ3n) is 2.15. The molecule has 0 saturated carbocycles. The van der Waals surface area contributed by atoms with Crippen LogP contribution < -0.4 is 5.32 Å². The molecule has 0 aromatic heterocycles.